The summed E-state index contributed by atoms with van der Waals surface area (Å²) in [5.74, 6) is 1.82. The molecular weight excluding hydrogens is 310 g/mol. The van der Waals surface area contributed by atoms with E-state index in [9.17, 15) is 0 Å². The molecule has 1 N–H and O–H groups in total. The first kappa shape index (κ1) is 19.2. The second-order valence-corrected chi connectivity index (χ2v) is 7.28. The Hall–Kier alpha value is -2.16. The van der Waals surface area contributed by atoms with Gasteiger partial charge in [-0.05, 0) is 41.7 Å². The third kappa shape index (κ3) is 6.69. The molecule has 25 heavy (non-hydrogen) atoms. The summed E-state index contributed by atoms with van der Waals surface area (Å²) in [6.45, 7) is 11.0. The fraction of sp³-hybridized carbons (Fsp3) is 0.455. The van der Waals surface area contributed by atoms with Crippen molar-refractivity contribution >= 4 is 5.69 Å². The van der Waals surface area contributed by atoms with E-state index in [0.29, 0.717) is 6.61 Å². The van der Waals surface area contributed by atoms with Crippen LogP contribution in [0.5, 0.6) is 11.5 Å². The van der Waals surface area contributed by atoms with Crippen molar-refractivity contribution < 1.29 is 9.47 Å². The SMILES string of the molecule is CCCCOc1cccc(NCCOc2ccc(C(C)(C)C)cc2)c1. The highest BCUT2D eigenvalue weighted by atomic mass is 16.5. The van der Waals surface area contributed by atoms with Crippen LogP contribution in [0.3, 0.4) is 0 Å². The molecule has 0 aliphatic rings. The summed E-state index contributed by atoms with van der Waals surface area (Å²) in [5, 5.41) is 3.38. The van der Waals surface area contributed by atoms with E-state index in [2.05, 4.69) is 45.1 Å². The van der Waals surface area contributed by atoms with E-state index in [-0.39, 0.29) is 5.41 Å². The van der Waals surface area contributed by atoms with Crippen LogP contribution in [0, 0.1) is 0 Å². The van der Waals surface area contributed by atoms with Crippen molar-refractivity contribution in [2.24, 2.45) is 0 Å². The first-order valence-electron chi connectivity index (χ1n) is 9.19. The number of benzene rings is 2. The topological polar surface area (TPSA) is 30.5 Å². The van der Waals surface area contributed by atoms with Gasteiger partial charge in [0.1, 0.15) is 18.1 Å². The van der Waals surface area contributed by atoms with E-state index in [4.69, 9.17) is 9.47 Å². The van der Waals surface area contributed by atoms with Crippen molar-refractivity contribution in [2.75, 3.05) is 25.1 Å². The summed E-state index contributed by atoms with van der Waals surface area (Å²) in [7, 11) is 0. The predicted octanol–water partition coefficient (Wildman–Crippen LogP) is 5.65. The van der Waals surface area contributed by atoms with Crippen LogP contribution < -0.4 is 14.8 Å². The highest BCUT2D eigenvalue weighted by molar-refractivity contribution is 5.48. The monoisotopic (exact) mass is 341 g/mol. The molecule has 0 aliphatic carbocycles. The molecule has 0 bridgehead atoms. The molecule has 0 aliphatic heterocycles. The number of ether oxygens (including phenoxy) is 2. The highest BCUT2D eigenvalue weighted by Gasteiger charge is 2.12. The third-order valence-electron chi connectivity index (χ3n) is 4.02. The van der Waals surface area contributed by atoms with Gasteiger partial charge in [0, 0.05) is 18.3 Å². The average molecular weight is 341 g/mol. The van der Waals surface area contributed by atoms with Crippen LogP contribution in [0.25, 0.3) is 0 Å². The van der Waals surface area contributed by atoms with E-state index in [1.807, 2.05) is 36.4 Å². The van der Waals surface area contributed by atoms with Gasteiger partial charge in [-0.2, -0.15) is 0 Å². The molecule has 0 amide bonds. The fourth-order valence-corrected chi connectivity index (χ4v) is 2.45. The van der Waals surface area contributed by atoms with E-state index in [0.717, 1.165) is 43.2 Å². The van der Waals surface area contributed by atoms with Crippen LogP contribution in [0.1, 0.15) is 46.1 Å². The molecule has 0 aromatic heterocycles. The van der Waals surface area contributed by atoms with Gasteiger partial charge in [-0.25, -0.2) is 0 Å². The van der Waals surface area contributed by atoms with Gasteiger partial charge in [-0.15, -0.1) is 0 Å². The van der Waals surface area contributed by atoms with Crippen molar-refractivity contribution in [3.8, 4) is 11.5 Å². The Morgan fingerprint density at radius 3 is 2.28 bits per heavy atom. The Balaban J connectivity index is 1.74. The molecule has 0 unspecified atom stereocenters. The second kappa shape index (κ2) is 9.36. The fourth-order valence-electron chi connectivity index (χ4n) is 2.45. The van der Waals surface area contributed by atoms with E-state index < -0.39 is 0 Å². The molecule has 0 saturated heterocycles. The Labute approximate surface area is 152 Å². The maximum absolute atomic E-state index is 5.81. The lowest BCUT2D eigenvalue weighted by Gasteiger charge is -2.19. The van der Waals surface area contributed by atoms with E-state index in [1.54, 1.807) is 0 Å². The van der Waals surface area contributed by atoms with Gasteiger partial charge < -0.3 is 14.8 Å². The van der Waals surface area contributed by atoms with E-state index >= 15 is 0 Å². The number of unbranched alkanes of at least 4 members (excludes halogenated alkanes) is 1. The first-order valence-corrected chi connectivity index (χ1v) is 9.19. The molecule has 0 fully saturated rings. The number of anilines is 1. The van der Waals surface area contributed by atoms with Crippen LogP contribution >= 0.6 is 0 Å². The predicted molar refractivity (Wildman–Crippen MR) is 106 cm³/mol. The zero-order valence-electron chi connectivity index (χ0n) is 16.0. The molecule has 0 heterocycles. The van der Waals surface area contributed by atoms with Crippen LogP contribution in [0.4, 0.5) is 5.69 Å². The number of nitrogens with one attached hydrogen (secondary N) is 1. The van der Waals surface area contributed by atoms with Crippen LogP contribution in [0.15, 0.2) is 48.5 Å². The van der Waals surface area contributed by atoms with Crippen molar-refractivity contribution in [3.05, 3.63) is 54.1 Å². The normalized spacial score (nSPS) is 11.2. The van der Waals surface area contributed by atoms with Gasteiger partial charge in [-0.1, -0.05) is 52.3 Å². The Morgan fingerprint density at radius 1 is 0.880 bits per heavy atom. The lowest BCUT2D eigenvalue weighted by molar-refractivity contribution is 0.309. The molecule has 2 aromatic rings. The van der Waals surface area contributed by atoms with Gasteiger partial charge in [0.2, 0.25) is 0 Å². The van der Waals surface area contributed by atoms with Gasteiger partial charge >= 0.3 is 0 Å². The lowest BCUT2D eigenvalue weighted by Crippen LogP contribution is -2.12. The van der Waals surface area contributed by atoms with Crippen molar-refractivity contribution in [2.45, 2.75) is 46.0 Å². The molecule has 0 radical (unpaired) electrons. The summed E-state index contributed by atoms with van der Waals surface area (Å²) in [4.78, 5) is 0. The molecule has 0 atom stereocenters. The standard InChI is InChI=1S/C22H31NO2/c1-5-6-15-24-21-9-7-8-19(17-21)23-14-16-25-20-12-10-18(11-13-20)22(2,3)4/h7-13,17,23H,5-6,14-16H2,1-4H3. The summed E-state index contributed by atoms with van der Waals surface area (Å²) in [6, 6.07) is 16.5. The molecule has 136 valence electrons. The van der Waals surface area contributed by atoms with Crippen molar-refractivity contribution in [3.63, 3.8) is 0 Å². The molecule has 2 aromatic carbocycles. The van der Waals surface area contributed by atoms with Crippen LogP contribution in [-0.2, 0) is 5.41 Å². The van der Waals surface area contributed by atoms with E-state index in [1.165, 1.54) is 5.56 Å². The molecule has 2 rings (SSSR count). The minimum Gasteiger partial charge on any atom is -0.494 e. The van der Waals surface area contributed by atoms with Crippen LogP contribution in [0.2, 0.25) is 0 Å². The van der Waals surface area contributed by atoms with Crippen molar-refractivity contribution in [1.29, 1.82) is 0 Å². The summed E-state index contributed by atoms with van der Waals surface area (Å²) < 4.78 is 11.5. The van der Waals surface area contributed by atoms with Crippen molar-refractivity contribution in [1.82, 2.24) is 0 Å². The Bertz CT molecular complexity index is 629. The molecule has 3 nitrogen and oxygen atoms in total. The van der Waals surface area contributed by atoms with Gasteiger partial charge in [0.15, 0.2) is 0 Å². The largest absolute Gasteiger partial charge is 0.494 e. The smallest absolute Gasteiger partial charge is 0.121 e. The second-order valence-electron chi connectivity index (χ2n) is 7.28. The zero-order chi connectivity index (χ0) is 18.1. The highest BCUT2D eigenvalue weighted by Crippen LogP contribution is 2.24. The number of hydrogen-bond acceptors (Lipinski definition) is 3. The maximum Gasteiger partial charge on any atom is 0.121 e. The minimum absolute atomic E-state index is 0.171. The Morgan fingerprint density at radius 2 is 1.60 bits per heavy atom. The third-order valence-corrected chi connectivity index (χ3v) is 4.02. The average Bonchev–Trinajstić information content (AvgIpc) is 2.59. The molecular formula is C22H31NO2. The molecule has 3 heteroatoms. The maximum atomic E-state index is 5.81. The van der Waals surface area contributed by atoms with Crippen LogP contribution in [-0.4, -0.2) is 19.8 Å². The zero-order valence-corrected chi connectivity index (χ0v) is 16.0. The summed E-state index contributed by atoms with van der Waals surface area (Å²) >= 11 is 0. The summed E-state index contributed by atoms with van der Waals surface area (Å²) in [5.41, 5.74) is 2.54. The lowest BCUT2D eigenvalue weighted by atomic mass is 9.87. The molecule has 0 saturated carbocycles. The van der Waals surface area contributed by atoms with Gasteiger partial charge in [0.25, 0.3) is 0 Å². The Kier molecular flexibility index (Phi) is 7.17. The van der Waals surface area contributed by atoms with Gasteiger partial charge in [0.05, 0.1) is 6.61 Å². The van der Waals surface area contributed by atoms with Gasteiger partial charge in [-0.3, -0.25) is 0 Å². The molecule has 0 spiro atoms. The first-order chi connectivity index (χ1) is 12.0. The minimum atomic E-state index is 0.171. The number of hydrogen-bond donors (Lipinski definition) is 1. The quantitative estimate of drug-likeness (QED) is 0.597. The number of rotatable bonds is 9. The summed E-state index contributed by atoms with van der Waals surface area (Å²) in [6.07, 6.45) is 2.23.